The molecule has 1 aromatic carbocycles. The average Bonchev–Trinajstić information content (AvgIpc) is 2.75. The maximum Gasteiger partial charge on any atom is 0.0914 e. The summed E-state index contributed by atoms with van der Waals surface area (Å²) in [6, 6.07) is 8.01. The van der Waals surface area contributed by atoms with E-state index in [1.54, 1.807) is 0 Å². The van der Waals surface area contributed by atoms with Crippen LogP contribution < -0.4 is 5.32 Å². The molecule has 4 heteroatoms. The molecule has 1 unspecified atom stereocenters. The molecule has 2 rings (SSSR count). The Hall–Kier alpha value is -1.65. The van der Waals surface area contributed by atoms with Crippen molar-refractivity contribution in [2.75, 3.05) is 6.54 Å². The second-order valence-corrected chi connectivity index (χ2v) is 5.52. The van der Waals surface area contributed by atoms with Gasteiger partial charge in [0.25, 0.3) is 0 Å². The van der Waals surface area contributed by atoms with Crippen molar-refractivity contribution in [2.24, 2.45) is 0 Å². The molecule has 0 saturated heterocycles. The van der Waals surface area contributed by atoms with Gasteiger partial charge in [-0.05, 0) is 33.3 Å². The van der Waals surface area contributed by atoms with Gasteiger partial charge in [0.15, 0.2) is 0 Å². The van der Waals surface area contributed by atoms with E-state index in [4.69, 9.17) is 0 Å². The van der Waals surface area contributed by atoms with Crippen LogP contribution in [0.4, 0.5) is 0 Å². The third-order valence-corrected chi connectivity index (χ3v) is 3.93. The quantitative estimate of drug-likeness (QED) is 0.859. The summed E-state index contributed by atoms with van der Waals surface area (Å²) in [5, 5.41) is 18.0. The van der Waals surface area contributed by atoms with Gasteiger partial charge in [-0.2, -0.15) is 5.10 Å². The molecule has 0 amide bonds. The number of hydrogen-bond donors (Lipinski definition) is 2. The van der Waals surface area contributed by atoms with Gasteiger partial charge in [0.1, 0.15) is 0 Å². The van der Waals surface area contributed by atoms with Gasteiger partial charge in [-0.3, -0.25) is 4.68 Å². The van der Waals surface area contributed by atoms with E-state index >= 15 is 0 Å². The SMILES string of the molecule is CCn1nc(C)c(CNCC(O)c2ccc(C)cc2)c1C. The lowest BCUT2D eigenvalue weighted by atomic mass is 10.1. The van der Waals surface area contributed by atoms with E-state index in [1.807, 2.05) is 42.8 Å². The zero-order chi connectivity index (χ0) is 15.4. The number of aromatic nitrogens is 2. The molecule has 1 aromatic heterocycles. The predicted octanol–water partition coefficient (Wildman–Crippen LogP) is 2.65. The molecule has 1 heterocycles. The number of benzene rings is 1. The highest BCUT2D eigenvalue weighted by molar-refractivity contribution is 5.25. The van der Waals surface area contributed by atoms with Crippen molar-refractivity contribution >= 4 is 0 Å². The van der Waals surface area contributed by atoms with E-state index in [1.165, 1.54) is 16.8 Å². The Morgan fingerprint density at radius 3 is 2.43 bits per heavy atom. The molecule has 0 fully saturated rings. The van der Waals surface area contributed by atoms with Gasteiger partial charge in [0.05, 0.1) is 11.8 Å². The molecule has 0 radical (unpaired) electrons. The van der Waals surface area contributed by atoms with E-state index < -0.39 is 6.10 Å². The molecule has 0 bridgehead atoms. The van der Waals surface area contributed by atoms with Crippen LogP contribution in [0.25, 0.3) is 0 Å². The molecule has 21 heavy (non-hydrogen) atoms. The topological polar surface area (TPSA) is 50.1 Å². The summed E-state index contributed by atoms with van der Waals surface area (Å²) < 4.78 is 2.02. The second kappa shape index (κ2) is 6.87. The summed E-state index contributed by atoms with van der Waals surface area (Å²) in [4.78, 5) is 0. The van der Waals surface area contributed by atoms with Gasteiger partial charge in [0, 0.05) is 30.9 Å². The summed E-state index contributed by atoms with van der Waals surface area (Å²) in [6.07, 6.45) is -0.479. The van der Waals surface area contributed by atoms with Crippen molar-refractivity contribution in [3.8, 4) is 0 Å². The number of nitrogens with zero attached hydrogens (tertiary/aromatic N) is 2. The van der Waals surface area contributed by atoms with Gasteiger partial charge in [-0.15, -0.1) is 0 Å². The first-order valence-corrected chi connectivity index (χ1v) is 7.51. The van der Waals surface area contributed by atoms with Crippen LogP contribution in [0.15, 0.2) is 24.3 Å². The molecule has 0 aliphatic heterocycles. The Labute approximate surface area is 126 Å². The standard InChI is InChI=1S/C17H25N3O/c1-5-20-14(4)16(13(3)19-20)10-18-11-17(21)15-8-6-12(2)7-9-15/h6-9,17-18,21H,5,10-11H2,1-4H3. The van der Waals surface area contributed by atoms with Crippen molar-refractivity contribution in [1.82, 2.24) is 15.1 Å². The minimum absolute atomic E-state index is 0.479. The lowest BCUT2D eigenvalue weighted by Gasteiger charge is -2.13. The molecule has 0 aliphatic rings. The van der Waals surface area contributed by atoms with Crippen molar-refractivity contribution in [2.45, 2.75) is 46.9 Å². The van der Waals surface area contributed by atoms with Crippen LogP contribution in [-0.4, -0.2) is 21.4 Å². The number of hydrogen-bond acceptors (Lipinski definition) is 3. The Bertz CT molecular complexity index is 587. The molecule has 1 atom stereocenters. The van der Waals surface area contributed by atoms with Crippen molar-refractivity contribution in [3.63, 3.8) is 0 Å². The van der Waals surface area contributed by atoms with Crippen LogP contribution in [0.1, 0.15) is 41.1 Å². The third-order valence-electron chi connectivity index (χ3n) is 3.93. The molecule has 2 N–H and O–H groups in total. The van der Waals surface area contributed by atoms with E-state index in [-0.39, 0.29) is 0 Å². The number of aryl methyl sites for hydroxylation is 3. The lowest BCUT2D eigenvalue weighted by molar-refractivity contribution is 0.174. The van der Waals surface area contributed by atoms with Gasteiger partial charge in [-0.25, -0.2) is 0 Å². The van der Waals surface area contributed by atoms with Crippen molar-refractivity contribution < 1.29 is 5.11 Å². The van der Waals surface area contributed by atoms with Crippen LogP contribution in [0, 0.1) is 20.8 Å². The molecular formula is C17H25N3O. The first-order chi connectivity index (χ1) is 10.0. The summed E-state index contributed by atoms with van der Waals surface area (Å²) in [5.74, 6) is 0. The fourth-order valence-corrected chi connectivity index (χ4v) is 2.54. The molecular weight excluding hydrogens is 262 g/mol. The lowest BCUT2D eigenvalue weighted by Crippen LogP contribution is -2.21. The van der Waals surface area contributed by atoms with Gasteiger partial charge in [-0.1, -0.05) is 29.8 Å². The van der Waals surface area contributed by atoms with Crippen molar-refractivity contribution in [1.29, 1.82) is 0 Å². The van der Waals surface area contributed by atoms with Gasteiger partial charge < -0.3 is 10.4 Å². The van der Waals surface area contributed by atoms with Crippen LogP contribution in [0.2, 0.25) is 0 Å². The molecule has 4 nitrogen and oxygen atoms in total. The first kappa shape index (κ1) is 15.7. The van der Waals surface area contributed by atoms with Crippen LogP contribution in [-0.2, 0) is 13.1 Å². The van der Waals surface area contributed by atoms with Crippen molar-refractivity contribution in [3.05, 3.63) is 52.3 Å². The summed E-state index contributed by atoms with van der Waals surface area (Å²) in [5.41, 5.74) is 5.65. The Morgan fingerprint density at radius 2 is 1.86 bits per heavy atom. The van der Waals surface area contributed by atoms with Gasteiger partial charge >= 0.3 is 0 Å². The minimum Gasteiger partial charge on any atom is -0.387 e. The fourth-order valence-electron chi connectivity index (χ4n) is 2.54. The first-order valence-electron chi connectivity index (χ1n) is 7.51. The number of nitrogens with one attached hydrogen (secondary N) is 1. The molecule has 0 saturated carbocycles. The monoisotopic (exact) mass is 287 g/mol. The zero-order valence-corrected chi connectivity index (χ0v) is 13.3. The summed E-state index contributed by atoms with van der Waals surface area (Å²) >= 11 is 0. The van der Waals surface area contributed by atoms with E-state index in [0.29, 0.717) is 6.54 Å². The maximum atomic E-state index is 10.2. The second-order valence-electron chi connectivity index (χ2n) is 5.52. The molecule has 0 spiro atoms. The van der Waals surface area contributed by atoms with Gasteiger partial charge in [0.2, 0.25) is 0 Å². The Kier molecular flexibility index (Phi) is 5.15. The minimum atomic E-state index is -0.479. The van der Waals surface area contributed by atoms with E-state index in [9.17, 15) is 5.11 Å². The van der Waals surface area contributed by atoms with E-state index in [0.717, 1.165) is 24.3 Å². The highest BCUT2D eigenvalue weighted by Gasteiger charge is 2.11. The normalized spacial score (nSPS) is 12.6. The van der Waals surface area contributed by atoms with E-state index in [2.05, 4.69) is 24.3 Å². The summed E-state index contributed by atoms with van der Waals surface area (Å²) in [6.45, 7) is 10.4. The maximum absolute atomic E-state index is 10.2. The highest BCUT2D eigenvalue weighted by atomic mass is 16.3. The number of aliphatic hydroxyl groups is 1. The molecule has 0 aliphatic carbocycles. The molecule has 114 valence electrons. The Morgan fingerprint density at radius 1 is 1.19 bits per heavy atom. The third kappa shape index (κ3) is 3.71. The summed E-state index contributed by atoms with van der Waals surface area (Å²) in [7, 11) is 0. The predicted molar refractivity (Wildman–Crippen MR) is 85.2 cm³/mol. The number of rotatable bonds is 6. The number of aliphatic hydroxyl groups excluding tert-OH is 1. The highest BCUT2D eigenvalue weighted by Crippen LogP contribution is 2.15. The van der Waals surface area contributed by atoms with Crippen LogP contribution >= 0.6 is 0 Å². The smallest absolute Gasteiger partial charge is 0.0914 e. The fraction of sp³-hybridized carbons (Fsp3) is 0.471. The molecule has 2 aromatic rings. The Balaban J connectivity index is 1.92. The van der Waals surface area contributed by atoms with Crippen LogP contribution in [0.5, 0.6) is 0 Å². The average molecular weight is 287 g/mol. The largest absolute Gasteiger partial charge is 0.387 e. The zero-order valence-electron chi connectivity index (χ0n) is 13.3. The van der Waals surface area contributed by atoms with Crippen LogP contribution in [0.3, 0.4) is 0 Å².